The van der Waals surface area contributed by atoms with Crippen LogP contribution in [0.4, 0.5) is 0 Å². The first kappa shape index (κ1) is 20.2. The number of amides is 1. The van der Waals surface area contributed by atoms with Crippen molar-refractivity contribution in [3.63, 3.8) is 0 Å². The number of piperidine rings is 2. The number of aliphatic imine (C=N–C) groups is 1. The lowest BCUT2D eigenvalue weighted by molar-refractivity contribution is -0.127. The van der Waals surface area contributed by atoms with Crippen LogP contribution >= 0.6 is 0 Å². The van der Waals surface area contributed by atoms with Crippen LogP contribution in [-0.4, -0.2) is 78.9 Å². The molecule has 4 rings (SSSR count). The Morgan fingerprint density at radius 2 is 1.93 bits per heavy atom. The summed E-state index contributed by atoms with van der Waals surface area (Å²) < 4.78 is 0. The van der Waals surface area contributed by atoms with Gasteiger partial charge in [-0.05, 0) is 50.1 Å². The van der Waals surface area contributed by atoms with Gasteiger partial charge in [0.25, 0.3) is 0 Å². The van der Waals surface area contributed by atoms with E-state index in [2.05, 4.69) is 27.2 Å². The molecule has 1 aromatic carbocycles. The zero-order chi connectivity index (χ0) is 20.2. The Morgan fingerprint density at radius 1 is 1.14 bits per heavy atom. The van der Waals surface area contributed by atoms with Gasteiger partial charge in [0, 0.05) is 39.3 Å². The van der Waals surface area contributed by atoms with Gasteiger partial charge in [0.15, 0.2) is 5.96 Å². The lowest BCUT2D eigenvalue weighted by Gasteiger charge is -2.48. The molecule has 3 aliphatic rings. The predicted molar refractivity (Wildman–Crippen MR) is 117 cm³/mol. The summed E-state index contributed by atoms with van der Waals surface area (Å²) in [5.74, 6) is 1.67. The molecule has 2 heterocycles. The van der Waals surface area contributed by atoms with Crippen LogP contribution < -0.4 is 5.32 Å². The molecule has 158 valence electrons. The first-order chi connectivity index (χ1) is 14.1. The summed E-state index contributed by atoms with van der Waals surface area (Å²) in [6.45, 7) is 4.28. The maximum atomic E-state index is 12.1. The summed E-state index contributed by atoms with van der Waals surface area (Å²) in [4.78, 5) is 23.9. The molecule has 2 atom stereocenters. The Kier molecular flexibility index (Phi) is 6.38. The highest BCUT2D eigenvalue weighted by molar-refractivity contribution is 5.86. The van der Waals surface area contributed by atoms with Crippen LogP contribution in [0.3, 0.4) is 0 Å². The molecule has 2 saturated heterocycles. The van der Waals surface area contributed by atoms with Gasteiger partial charge in [0.2, 0.25) is 5.91 Å². The summed E-state index contributed by atoms with van der Waals surface area (Å²) in [6, 6.07) is 11.9. The maximum Gasteiger partial charge on any atom is 0.241 e. The zero-order valence-corrected chi connectivity index (χ0v) is 17.9. The molecule has 1 saturated carbocycles. The number of fused-ring (bicyclic) bond motifs is 1. The molecule has 6 nitrogen and oxygen atoms in total. The fourth-order valence-corrected chi connectivity index (χ4v) is 4.82. The minimum absolute atomic E-state index is 0.0740. The lowest BCUT2D eigenvalue weighted by Crippen LogP contribution is -2.57. The molecule has 0 spiro atoms. The van der Waals surface area contributed by atoms with Gasteiger partial charge in [-0.15, -0.1) is 0 Å². The van der Waals surface area contributed by atoms with Gasteiger partial charge in [-0.25, -0.2) is 4.99 Å². The largest absolute Gasteiger partial charge is 0.347 e. The van der Waals surface area contributed by atoms with Crippen molar-refractivity contribution in [2.75, 3.05) is 40.3 Å². The van der Waals surface area contributed by atoms with Crippen molar-refractivity contribution >= 4 is 11.9 Å². The topological polar surface area (TPSA) is 51.2 Å². The molecule has 2 aliphatic heterocycles. The van der Waals surface area contributed by atoms with Gasteiger partial charge < -0.3 is 15.1 Å². The minimum atomic E-state index is 0.0740. The number of likely N-dealkylation sites (N-methyl/N-ethyl adjacent to an activating group) is 1. The summed E-state index contributed by atoms with van der Waals surface area (Å²) in [5.41, 5.74) is 1.19. The molecular weight excluding hydrogens is 362 g/mol. The number of guanidine groups is 1. The molecule has 0 radical (unpaired) electrons. The summed E-state index contributed by atoms with van der Waals surface area (Å²) in [5, 5.41) is 3.35. The fraction of sp³-hybridized carbons (Fsp3) is 0.652. The van der Waals surface area contributed by atoms with Gasteiger partial charge in [0.05, 0.1) is 13.1 Å². The van der Waals surface area contributed by atoms with Gasteiger partial charge in [-0.1, -0.05) is 30.3 Å². The highest BCUT2D eigenvalue weighted by atomic mass is 16.2. The Balaban J connectivity index is 1.44. The van der Waals surface area contributed by atoms with Crippen LogP contribution in [0.1, 0.15) is 37.7 Å². The Hall–Kier alpha value is -2.08. The van der Waals surface area contributed by atoms with Crippen molar-refractivity contribution in [2.45, 2.75) is 50.7 Å². The van der Waals surface area contributed by atoms with Crippen molar-refractivity contribution in [1.82, 2.24) is 20.0 Å². The van der Waals surface area contributed by atoms with E-state index in [-0.39, 0.29) is 5.91 Å². The quantitative estimate of drug-likeness (QED) is 0.611. The van der Waals surface area contributed by atoms with Gasteiger partial charge in [-0.2, -0.15) is 0 Å². The average molecular weight is 398 g/mol. The first-order valence-electron chi connectivity index (χ1n) is 11.1. The van der Waals surface area contributed by atoms with Crippen LogP contribution in [0.5, 0.6) is 0 Å². The number of carbonyl (C=O) groups is 1. The van der Waals surface area contributed by atoms with Gasteiger partial charge >= 0.3 is 0 Å². The van der Waals surface area contributed by atoms with Crippen molar-refractivity contribution in [1.29, 1.82) is 0 Å². The van der Waals surface area contributed by atoms with Crippen molar-refractivity contribution in [3.05, 3.63) is 35.9 Å². The minimum Gasteiger partial charge on any atom is -0.347 e. The SMILES string of the molecule is CN(C)C(=O)CNC(=NCc1ccccc1)N1CCC2C(CCCN2C2CC2)C1. The number of nitrogens with one attached hydrogen (secondary N) is 1. The van der Waals surface area contributed by atoms with E-state index < -0.39 is 0 Å². The third-order valence-electron chi connectivity index (χ3n) is 6.58. The maximum absolute atomic E-state index is 12.1. The van der Waals surface area contributed by atoms with Crippen molar-refractivity contribution in [3.8, 4) is 0 Å². The van der Waals surface area contributed by atoms with E-state index in [1.165, 1.54) is 44.2 Å². The Morgan fingerprint density at radius 3 is 2.66 bits per heavy atom. The molecule has 2 unspecified atom stereocenters. The number of carbonyl (C=O) groups excluding carboxylic acids is 1. The monoisotopic (exact) mass is 397 g/mol. The van der Waals surface area contributed by atoms with E-state index >= 15 is 0 Å². The molecule has 29 heavy (non-hydrogen) atoms. The lowest BCUT2D eigenvalue weighted by atomic mass is 9.83. The van der Waals surface area contributed by atoms with E-state index in [1.807, 2.05) is 18.2 Å². The molecule has 1 N–H and O–H groups in total. The molecule has 3 fully saturated rings. The highest BCUT2D eigenvalue weighted by Gasteiger charge is 2.42. The summed E-state index contributed by atoms with van der Waals surface area (Å²) in [7, 11) is 3.59. The fourth-order valence-electron chi connectivity index (χ4n) is 4.82. The van der Waals surface area contributed by atoms with Gasteiger partial charge in [-0.3, -0.25) is 9.69 Å². The highest BCUT2D eigenvalue weighted by Crippen LogP contribution is 2.38. The van der Waals surface area contributed by atoms with Crippen molar-refractivity contribution in [2.24, 2.45) is 10.9 Å². The van der Waals surface area contributed by atoms with Crippen LogP contribution in [-0.2, 0) is 11.3 Å². The predicted octanol–water partition coefficient (Wildman–Crippen LogP) is 2.17. The zero-order valence-electron chi connectivity index (χ0n) is 17.9. The van der Waals surface area contributed by atoms with Crippen LogP contribution in [0.15, 0.2) is 35.3 Å². The molecule has 0 aromatic heterocycles. The standard InChI is InChI=1S/C23H35N5O/c1-26(2)22(29)16-25-23(24-15-18-7-4-3-5-8-18)27-14-12-21-19(17-27)9-6-13-28(21)20-10-11-20/h3-5,7-8,19-21H,6,9-17H2,1-2H3,(H,24,25). The van der Waals surface area contributed by atoms with Crippen LogP contribution in [0, 0.1) is 5.92 Å². The summed E-state index contributed by atoms with van der Waals surface area (Å²) in [6.07, 6.45) is 6.62. The molecular formula is C23H35N5O. The number of benzene rings is 1. The van der Waals surface area contributed by atoms with E-state index in [1.54, 1.807) is 19.0 Å². The van der Waals surface area contributed by atoms with E-state index in [0.717, 1.165) is 31.1 Å². The van der Waals surface area contributed by atoms with Gasteiger partial charge in [0.1, 0.15) is 0 Å². The number of rotatable bonds is 5. The average Bonchev–Trinajstić information content (AvgIpc) is 3.58. The van der Waals surface area contributed by atoms with Crippen LogP contribution in [0.25, 0.3) is 0 Å². The summed E-state index contributed by atoms with van der Waals surface area (Å²) >= 11 is 0. The number of likely N-dealkylation sites (tertiary alicyclic amines) is 2. The smallest absolute Gasteiger partial charge is 0.241 e. The molecule has 6 heteroatoms. The molecule has 1 aliphatic carbocycles. The Bertz CT molecular complexity index is 715. The molecule has 1 amide bonds. The first-order valence-corrected chi connectivity index (χ1v) is 11.1. The molecule has 1 aromatic rings. The molecule has 0 bridgehead atoms. The second-order valence-corrected chi connectivity index (χ2v) is 8.94. The van der Waals surface area contributed by atoms with E-state index in [0.29, 0.717) is 19.0 Å². The van der Waals surface area contributed by atoms with E-state index in [9.17, 15) is 4.79 Å². The third kappa shape index (κ3) is 5.10. The Labute approximate surface area is 175 Å². The number of hydrogen-bond donors (Lipinski definition) is 1. The second-order valence-electron chi connectivity index (χ2n) is 8.94. The van der Waals surface area contributed by atoms with Crippen molar-refractivity contribution < 1.29 is 4.79 Å². The number of nitrogens with zero attached hydrogens (tertiary/aromatic N) is 4. The van der Waals surface area contributed by atoms with E-state index in [4.69, 9.17) is 4.99 Å². The normalized spacial score (nSPS) is 25.4. The third-order valence-corrected chi connectivity index (χ3v) is 6.58. The number of hydrogen-bond acceptors (Lipinski definition) is 3. The van der Waals surface area contributed by atoms with Crippen LogP contribution in [0.2, 0.25) is 0 Å². The second kappa shape index (κ2) is 9.16.